The van der Waals surface area contributed by atoms with Gasteiger partial charge in [-0.2, -0.15) is 0 Å². The Morgan fingerprint density at radius 1 is 1.35 bits per heavy atom. The van der Waals surface area contributed by atoms with Gasteiger partial charge >= 0.3 is 0 Å². The van der Waals surface area contributed by atoms with Crippen molar-refractivity contribution in [3.63, 3.8) is 0 Å². The fraction of sp³-hybridized carbons (Fsp3) is 0.588. The van der Waals surface area contributed by atoms with Crippen molar-refractivity contribution in [3.8, 4) is 0 Å². The SMILES string of the molecule is CCN[C@H](C)CNC(=O)C(c1ccccc1F)N1CCOCC1. The van der Waals surface area contributed by atoms with Gasteiger partial charge in [-0.25, -0.2) is 4.39 Å². The first-order chi connectivity index (χ1) is 11.1. The Hall–Kier alpha value is -1.50. The second-order valence-electron chi connectivity index (χ2n) is 5.78. The van der Waals surface area contributed by atoms with Gasteiger partial charge in [0.25, 0.3) is 0 Å². The highest BCUT2D eigenvalue weighted by atomic mass is 19.1. The smallest absolute Gasteiger partial charge is 0.242 e. The molecular weight excluding hydrogens is 297 g/mol. The van der Waals surface area contributed by atoms with Crippen molar-refractivity contribution >= 4 is 5.91 Å². The Balaban J connectivity index is 2.13. The molecule has 0 bridgehead atoms. The summed E-state index contributed by atoms with van der Waals surface area (Å²) in [6.07, 6.45) is 0. The first-order valence-corrected chi connectivity index (χ1v) is 8.20. The number of carbonyl (C=O) groups is 1. The predicted octanol–water partition coefficient (Wildman–Crippen LogP) is 1.31. The van der Waals surface area contributed by atoms with Gasteiger partial charge in [-0.1, -0.05) is 25.1 Å². The summed E-state index contributed by atoms with van der Waals surface area (Å²) in [5, 5.41) is 6.19. The molecule has 1 saturated heterocycles. The van der Waals surface area contributed by atoms with Crippen LogP contribution in [-0.2, 0) is 9.53 Å². The zero-order valence-corrected chi connectivity index (χ0v) is 13.8. The van der Waals surface area contributed by atoms with Crippen molar-refractivity contribution in [1.29, 1.82) is 0 Å². The lowest BCUT2D eigenvalue weighted by molar-refractivity contribution is -0.128. The van der Waals surface area contributed by atoms with Crippen molar-refractivity contribution in [3.05, 3.63) is 35.6 Å². The molecule has 1 heterocycles. The molecule has 1 aromatic rings. The molecular formula is C17H26FN3O2. The molecule has 2 atom stereocenters. The zero-order chi connectivity index (χ0) is 16.7. The standard InChI is InChI=1S/C17H26FN3O2/c1-3-19-13(2)12-20-17(22)16(21-8-10-23-11-9-21)14-6-4-5-7-15(14)18/h4-7,13,16,19H,3,8-12H2,1-2H3,(H,20,22)/t13-,16?/m1/s1. The topological polar surface area (TPSA) is 53.6 Å². The van der Waals surface area contributed by atoms with Gasteiger partial charge in [0.2, 0.25) is 5.91 Å². The normalized spacial score (nSPS) is 18.4. The third-order valence-corrected chi connectivity index (χ3v) is 3.99. The van der Waals surface area contributed by atoms with Crippen LogP contribution in [0.3, 0.4) is 0 Å². The summed E-state index contributed by atoms with van der Waals surface area (Å²) in [7, 11) is 0. The van der Waals surface area contributed by atoms with Gasteiger partial charge in [-0.05, 0) is 19.5 Å². The van der Waals surface area contributed by atoms with Crippen LogP contribution in [0.25, 0.3) is 0 Å². The van der Waals surface area contributed by atoms with Crippen molar-refractivity contribution in [1.82, 2.24) is 15.5 Å². The summed E-state index contributed by atoms with van der Waals surface area (Å²) in [5.74, 6) is -0.513. The van der Waals surface area contributed by atoms with Crippen LogP contribution in [0.4, 0.5) is 4.39 Å². The average molecular weight is 323 g/mol. The first-order valence-electron chi connectivity index (χ1n) is 8.20. The van der Waals surface area contributed by atoms with Crippen LogP contribution in [0.1, 0.15) is 25.5 Å². The molecule has 0 aliphatic carbocycles. The van der Waals surface area contributed by atoms with Crippen molar-refractivity contribution in [2.45, 2.75) is 25.9 Å². The Kier molecular flexibility index (Phi) is 6.95. The molecule has 0 saturated carbocycles. The summed E-state index contributed by atoms with van der Waals surface area (Å²) in [4.78, 5) is 14.7. The maximum Gasteiger partial charge on any atom is 0.242 e. The van der Waals surface area contributed by atoms with E-state index in [1.54, 1.807) is 18.2 Å². The quantitative estimate of drug-likeness (QED) is 0.794. The highest BCUT2D eigenvalue weighted by molar-refractivity contribution is 5.83. The minimum absolute atomic E-state index is 0.165. The number of morpholine rings is 1. The number of hydrogen-bond acceptors (Lipinski definition) is 4. The number of nitrogens with one attached hydrogen (secondary N) is 2. The van der Waals surface area contributed by atoms with Crippen LogP contribution in [0, 0.1) is 5.82 Å². The lowest BCUT2D eigenvalue weighted by Crippen LogP contribution is -2.48. The highest BCUT2D eigenvalue weighted by Gasteiger charge is 2.30. The summed E-state index contributed by atoms with van der Waals surface area (Å²) in [6.45, 7) is 7.76. The number of ether oxygens (including phenoxy) is 1. The van der Waals surface area contributed by atoms with E-state index in [0.29, 0.717) is 38.4 Å². The van der Waals surface area contributed by atoms with Gasteiger partial charge in [0.05, 0.1) is 13.2 Å². The minimum Gasteiger partial charge on any atom is -0.379 e. The van der Waals surface area contributed by atoms with E-state index in [0.717, 1.165) is 6.54 Å². The number of rotatable bonds is 7. The largest absolute Gasteiger partial charge is 0.379 e. The molecule has 1 aliphatic rings. The molecule has 1 aliphatic heterocycles. The number of nitrogens with zero attached hydrogens (tertiary/aromatic N) is 1. The molecule has 1 amide bonds. The van der Waals surface area contributed by atoms with Gasteiger partial charge in [0.1, 0.15) is 11.9 Å². The van der Waals surface area contributed by atoms with Crippen LogP contribution in [0.15, 0.2) is 24.3 Å². The first kappa shape index (κ1) is 17.8. The number of likely N-dealkylation sites (N-methyl/N-ethyl adjacent to an activating group) is 1. The number of benzene rings is 1. The fourth-order valence-corrected chi connectivity index (χ4v) is 2.81. The van der Waals surface area contributed by atoms with Gasteiger partial charge in [0.15, 0.2) is 0 Å². The molecule has 0 aromatic heterocycles. The lowest BCUT2D eigenvalue weighted by atomic mass is 10.0. The zero-order valence-electron chi connectivity index (χ0n) is 13.8. The van der Waals surface area contributed by atoms with E-state index in [1.165, 1.54) is 6.07 Å². The van der Waals surface area contributed by atoms with Crippen LogP contribution >= 0.6 is 0 Å². The number of hydrogen-bond donors (Lipinski definition) is 2. The van der Waals surface area contributed by atoms with Crippen molar-refractivity contribution < 1.29 is 13.9 Å². The van der Waals surface area contributed by atoms with Crippen LogP contribution < -0.4 is 10.6 Å². The molecule has 1 unspecified atom stereocenters. The molecule has 0 spiro atoms. The summed E-state index contributed by atoms with van der Waals surface area (Å²) >= 11 is 0. The maximum atomic E-state index is 14.2. The van der Waals surface area contributed by atoms with Crippen LogP contribution in [0.5, 0.6) is 0 Å². The van der Waals surface area contributed by atoms with E-state index >= 15 is 0 Å². The van der Waals surface area contributed by atoms with E-state index in [2.05, 4.69) is 10.6 Å². The molecule has 128 valence electrons. The lowest BCUT2D eigenvalue weighted by Gasteiger charge is -2.34. The van der Waals surface area contributed by atoms with E-state index < -0.39 is 6.04 Å². The van der Waals surface area contributed by atoms with Gasteiger partial charge < -0.3 is 15.4 Å². The highest BCUT2D eigenvalue weighted by Crippen LogP contribution is 2.24. The van der Waals surface area contributed by atoms with Crippen molar-refractivity contribution in [2.24, 2.45) is 0 Å². The number of halogens is 1. The van der Waals surface area contributed by atoms with E-state index in [1.807, 2.05) is 18.7 Å². The number of amides is 1. The summed E-state index contributed by atoms with van der Waals surface area (Å²) < 4.78 is 19.6. The molecule has 2 rings (SSSR count). The Morgan fingerprint density at radius 2 is 2.04 bits per heavy atom. The third kappa shape index (κ3) is 4.99. The molecule has 23 heavy (non-hydrogen) atoms. The van der Waals surface area contributed by atoms with Gasteiger partial charge in [-0.3, -0.25) is 9.69 Å². The van der Waals surface area contributed by atoms with E-state index in [9.17, 15) is 9.18 Å². The molecule has 6 heteroatoms. The van der Waals surface area contributed by atoms with Gasteiger partial charge in [-0.15, -0.1) is 0 Å². The second-order valence-corrected chi connectivity index (χ2v) is 5.78. The molecule has 2 N–H and O–H groups in total. The fourth-order valence-electron chi connectivity index (χ4n) is 2.81. The summed E-state index contributed by atoms with van der Waals surface area (Å²) in [5.41, 5.74) is 0.419. The Morgan fingerprint density at radius 3 is 2.70 bits per heavy atom. The minimum atomic E-state index is -0.617. The monoisotopic (exact) mass is 323 g/mol. The third-order valence-electron chi connectivity index (χ3n) is 3.99. The molecule has 1 fully saturated rings. The average Bonchev–Trinajstić information content (AvgIpc) is 2.56. The van der Waals surface area contributed by atoms with Crippen LogP contribution in [0.2, 0.25) is 0 Å². The van der Waals surface area contributed by atoms with E-state index in [4.69, 9.17) is 4.74 Å². The number of carbonyl (C=O) groups excluding carboxylic acids is 1. The molecule has 5 nitrogen and oxygen atoms in total. The molecule has 1 aromatic carbocycles. The summed E-state index contributed by atoms with van der Waals surface area (Å²) in [6, 6.07) is 6.05. The van der Waals surface area contributed by atoms with Gasteiger partial charge in [0, 0.05) is 31.2 Å². The van der Waals surface area contributed by atoms with Crippen LogP contribution in [-0.4, -0.2) is 56.2 Å². The van der Waals surface area contributed by atoms with Crippen molar-refractivity contribution in [2.75, 3.05) is 39.4 Å². The van der Waals surface area contributed by atoms with E-state index in [-0.39, 0.29) is 17.8 Å². The maximum absolute atomic E-state index is 14.2. The Labute approximate surface area is 137 Å². The molecule has 0 radical (unpaired) electrons. The Bertz CT molecular complexity index is 506. The second kappa shape index (κ2) is 8.96. The predicted molar refractivity (Wildman–Crippen MR) is 87.7 cm³/mol.